The van der Waals surface area contributed by atoms with Crippen molar-refractivity contribution < 1.29 is 14.3 Å². The fourth-order valence-electron chi connectivity index (χ4n) is 2.45. The predicted octanol–water partition coefficient (Wildman–Crippen LogP) is 1.95. The van der Waals surface area contributed by atoms with E-state index < -0.39 is 0 Å². The molecule has 2 unspecified atom stereocenters. The molecule has 1 aliphatic rings. The molecule has 1 aromatic rings. The van der Waals surface area contributed by atoms with Crippen molar-refractivity contribution in [2.45, 2.75) is 38.8 Å². The number of morpholine rings is 1. The molecule has 1 aliphatic heterocycles. The number of hydrogen-bond donors (Lipinski definition) is 1. The molecule has 2 rings (SSSR count). The molecular weight excluding hydrogens is 288 g/mol. The van der Waals surface area contributed by atoms with Crippen LogP contribution in [0.15, 0.2) is 17.5 Å². The van der Waals surface area contributed by atoms with Crippen LogP contribution in [-0.2, 0) is 14.3 Å². The average molecular weight is 310 g/mol. The van der Waals surface area contributed by atoms with Gasteiger partial charge in [-0.3, -0.25) is 9.59 Å². The standard InChI is InChI=1S/C15H22N2O3S/c1-3-12-10-17(6-7-20-12)15(19)9-13(16-11(2)18)14-5-4-8-21-14/h4-5,8,12-13H,3,6-7,9-10H2,1-2H3,(H,16,18). The Morgan fingerprint density at radius 2 is 2.38 bits per heavy atom. The van der Waals surface area contributed by atoms with Gasteiger partial charge >= 0.3 is 0 Å². The molecular formula is C15H22N2O3S. The number of carbonyl (C=O) groups excluding carboxylic acids is 2. The van der Waals surface area contributed by atoms with Crippen molar-refractivity contribution in [2.75, 3.05) is 19.7 Å². The first kappa shape index (κ1) is 16.0. The molecule has 21 heavy (non-hydrogen) atoms. The zero-order valence-corrected chi connectivity index (χ0v) is 13.3. The summed E-state index contributed by atoms with van der Waals surface area (Å²) in [5, 5.41) is 4.83. The highest BCUT2D eigenvalue weighted by atomic mass is 32.1. The van der Waals surface area contributed by atoms with Gasteiger partial charge in [0, 0.05) is 24.9 Å². The maximum atomic E-state index is 12.5. The molecule has 1 N–H and O–H groups in total. The zero-order valence-electron chi connectivity index (χ0n) is 12.5. The first-order valence-corrected chi connectivity index (χ1v) is 8.18. The predicted molar refractivity (Wildman–Crippen MR) is 82.1 cm³/mol. The van der Waals surface area contributed by atoms with Gasteiger partial charge in [-0.1, -0.05) is 13.0 Å². The van der Waals surface area contributed by atoms with Crippen molar-refractivity contribution in [1.82, 2.24) is 10.2 Å². The van der Waals surface area contributed by atoms with Crippen LogP contribution in [0.1, 0.15) is 37.6 Å². The number of rotatable bonds is 5. The summed E-state index contributed by atoms with van der Waals surface area (Å²) in [6.07, 6.45) is 1.34. The van der Waals surface area contributed by atoms with Gasteiger partial charge in [-0.2, -0.15) is 0 Å². The van der Waals surface area contributed by atoms with E-state index in [1.807, 2.05) is 22.4 Å². The SMILES string of the molecule is CCC1CN(C(=O)CC(NC(C)=O)c2cccs2)CCO1. The monoisotopic (exact) mass is 310 g/mol. The molecule has 2 heterocycles. The molecule has 0 saturated carbocycles. The van der Waals surface area contributed by atoms with Gasteiger partial charge in [-0.05, 0) is 17.9 Å². The number of hydrogen-bond acceptors (Lipinski definition) is 4. The Bertz CT molecular complexity index is 475. The van der Waals surface area contributed by atoms with E-state index >= 15 is 0 Å². The average Bonchev–Trinajstić information content (AvgIpc) is 3.00. The van der Waals surface area contributed by atoms with Crippen molar-refractivity contribution in [1.29, 1.82) is 0 Å². The number of carbonyl (C=O) groups is 2. The van der Waals surface area contributed by atoms with Crippen molar-refractivity contribution in [3.63, 3.8) is 0 Å². The van der Waals surface area contributed by atoms with E-state index in [4.69, 9.17) is 4.74 Å². The van der Waals surface area contributed by atoms with Crippen LogP contribution >= 0.6 is 11.3 Å². The summed E-state index contributed by atoms with van der Waals surface area (Å²) < 4.78 is 5.59. The maximum absolute atomic E-state index is 12.5. The van der Waals surface area contributed by atoms with E-state index in [0.29, 0.717) is 26.1 Å². The number of nitrogens with one attached hydrogen (secondary N) is 1. The molecule has 0 spiro atoms. The third-order valence-electron chi connectivity index (χ3n) is 3.59. The largest absolute Gasteiger partial charge is 0.375 e. The van der Waals surface area contributed by atoms with Crippen molar-refractivity contribution in [3.05, 3.63) is 22.4 Å². The Morgan fingerprint density at radius 3 is 3.00 bits per heavy atom. The minimum Gasteiger partial charge on any atom is -0.375 e. The summed E-state index contributed by atoms with van der Waals surface area (Å²) in [5.41, 5.74) is 0. The lowest BCUT2D eigenvalue weighted by Gasteiger charge is -2.33. The Kier molecular flexibility index (Phi) is 5.76. The van der Waals surface area contributed by atoms with Gasteiger partial charge in [0.1, 0.15) is 0 Å². The molecule has 2 atom stereocenters. The highest BCUT2D eigenvalue weighted by Crippen LogP contribution is 2.23. The Hall–Kier alpha value is -1.40. The molecule has 0 radical (unpaired) electrons. The first-order chi connectivity index (χ1) is 10.1. The summed E-state index contributed by atoms with van der Waals surface area (Å²) in [5.74, 6) is -0.0430. The van der Waals surface area contributed by atoms with Gasteiger partial charge in [-0.25, -0.2) is 0 Å². The van der Waals surface area contributed by atoms with Gasteiger partial charge in [0.2, 0.25) is 11.8 Å². The smallest absolute Gasteiger partial charge is 0.225 e. The van der Waals surface area contributed by atoms with Crippen molar-refractivity contribution >= 4 is 23.2 Å². The van der Waals surface area contributed by atoms with E-state index in [9.17, 15) is 9.59 Å². The second kappa shape index (κ2) is 7.56. The van der Waals surface area contributed by atoms with E-state index in [0.717, 1.165) is 11.3 Å². The molecule has 1 aromatic heterocycles. The van der Waals surface area contributed by atoms with Gasteiger partial charge in [0.15, 0.2) is 0 Å². The molecule has 2 amide bonds. The third kappa shape index (κ3) is 4.54. The van der Waals surface area contributed by atoms with Gasteiger partial charge in [0.05, 0.1) is 25.2 Å². The van der Waals surface area contributed by atoms with E-state index in [2.05, 4.69) is 12.2 Å². The van der Waals surface area contributed by atoms with Gasteiger partial charge in [0.25, 0.3) is 0 Å². The molecule has 1 fully saturated rings. The summed E-state index contributed by atoms with van der Waals surface area (Å²) in [7, 11) is 0. The molecule has 0 bridgehead atoms. The highest BCUT2D eigenvalue weighted by molar-refractivity contribution is 7.10. The number of ether oxygens (including phenoxy) is 1. The lowest BCUT2D eigenvalue weighted by atomic mass is 10.1. The number of thiophene rings is 1. The van der Waals surface area contributed by atoms with Crippen LogP contribution in [-0.4, -0.2) is 42.5 Å². The summed E-state index contributed by atoms with van der Waals surface area (Å²) >= 11 is 1.56. The second-order valence-corrected chi connectivity index (χ2v) is 6.19. The van der Waals surface area contributed by atoms with Crippen molar-refractivity contribution in [2.24, 2.45) is 0 Å². The molecule has 5 nitrogen and oxygen atoms in total. The van der Waals surface area contributed by atoms with E-state index in [1.165, 1.54) is 6.92 Å². The van der Waals surface area contributed by atoms with Crippen LogP contribution in [0, 0.1) is 0 Å². The quantitative estimate of drug-likeness (QED) is 0.904. The van der Waals surface area contributed by atoms with Crippen LogP contribution < -0.4 is 5.32 Å². The first-order valence-electron chi connectivity index (χ1n) is 7.30. The van der Waals surface area contributed by atoms with Crippen LogP contribution in [0.3, 0.4) is 0 Å². The fourth-order valence-corrected chi connectivity index (χ4v) is 3.23. The van der Waals surface area contributed by atoms with Gasteiger partial charge in [-0.15, -0.1) is 11.3 Å². The van der Waals surface area contributed by atoms with Crippen molar-refractivity contribution in [3.8, 4) is 0 Å². The Labute approximate surface area is 129 Å². The van der Waals surface area contributed by atoms with Crippen LogP contribution in [0.4, 0.5) is 0 Å². The molecule has 0 aromatic carbocycles. The molecule has 0 aliphatic carbocycles. The fraction of sp³-hybridized carbons (Fsp3) is 0.600. The molecule has 116 valence electrons. The zero-order chi connectivity index (χ0) is 15.2. The summed E-state index contributed by atoms with van der Waals surface area (Å²) in [4.78, 5) is 26.7. The number of nitrogens with zero attached hydrogens (tertiary/aromatic N) is 1. The topological polar surface area (TPSA) is 58.6 Å². The maximum Gasteiger partial charge on any atom is 0.225 e. The summed E-state index contributed by atoms with van der Waals surface area (Å²) in [6.45, 7) is 5.41. The normalized spacial score (nSPS) is 20.1. The van der Waals surface area contributed by atoms with E-state index in [-0.39, 0.29) is 24.0 Å². The lowest BCUT2D eigenvalue weighted by Crippen LogP contribution is -2.46. The minimum absolute atomic E-state index is 0.0731. The number of amides is 2. The molecule has 1 saturated heterocycles. The van der Waals surface area contributed by atoms with Gasteiger partial charge < -0.3 is 15.0 Å². The van der Waals surface area contributed by atoms with Crippen LogP contribution in [0.2, 0.25) is 0 Å². The molecule has 6 heteroatoms. The summed E-state index contributed by atoms with van der Waals surface area (Å²) in [6, 6.07) is 3.64. The van der Waals surface area contributed by atoms with Crippen LogP contribution in [0.5, 0.6) is 0 Å². The Balaban J connectivity index is 1.99. The second-order valence-electron chi connectivity index (χ2n) is 5.21. The van der Waals surface area contributed by atoms with E-state index in [1.54, 1.807) is 11.3 Å². The van der Waals surface area contributed by atoms with Crippen LogP contribution in [0.25, 0.3) is 0 Å². The highest BCUT2D eigenvalue weighted by Gasteiger charge is 2.26. The minimum atomic E-state index is -0.238. The third-order valence-corrected chi connectivity index (χ3v) is 4.58. The Morgan fingerprint density at radius 1 is 1.57 bits per heavy atom. The lowest BCUT2D eigenvalue weighted by molar-refractivity contribution is -0.139.